The number of aliphatic imine (C=N–C) groups is 1. The summed E-state index contributed by atoms with van der Waals surface area (Å²) in [6.07, 6.45) is 1.13. The summed E-state index contributed by atoms with van der Waals surface area (Å²) in [6.45, 7) is 1.39. The monoisotopic (exact) mass is 196 g/mol. The number of benzene rings is 1. The van der Waals surface area contributed by atoms with E-state index in [0.717, 1.165) is 6.08 Å². The highest BCUT2D eigenvalue weighted by Gasteiger charge is 2.21. The van der Waals surface area contributed by atoms with Crippen molar-refractivity contribution >= 4 is 17.5 Å². The van der Waals surface area contributed by atoms with Gasteiger partial charge in [-0.2, -0.15) is 9.38 Å². The Morgan fingerprint density at radius 1 is 1.57 bits per heavy atom. The third-order valence-electron chi connectivity index (χ3n) is 1.64. The van der Waals surface area contributed by atoms with Crippen LogP contribution in [0.25, 0.3) is 0 Å². The van der Waals surface area contributed by atoms with Crippen molar-refractivity contribution in [1.82, 2.24) is 0 Å². The number of aryl methyl sites for hydroxylation is 1. The van der Waals surface area contributed by atoms with Crippen LogP contribution in [0.5, 0.6) is 0 Å². The lowest BCUT2D eigenvalue weighted by molar-refractivity contribution is -0.386. The fourth-order valence-corrected chi connectivity index (χ4v) is 0.968. The number of hydrogen-bond donors (Lipinski definition) is 0. The molecule has 14 heavy (non-hydrogen) atoms. The summed E-state index contributed by atoms with van der Waals surface area (Å²) in [6, 6.07) is 2.50. The summed E-state index contributed by atoms with van der Waals surface area (Å²) >= 11 is 0. The molecule has 0 aromatic heterocycles. The van der Waals surface area contributed by atoms with Gasteiger partial charge in [0.05, 0.1) is 4.92 Å². The molecule has 0 amide bonds. The highest BCUT2D eigenvalue weighted by Crippen LogP contribution is 2.31. The first kappa shape index (κ1) is 10.0. The second kappa shape index (κ2) is 3.76. The molecule has 72 valence electrons. The molecule has 0 bridgehead atoms. The second-order valence-corrected chi connectivity index (χ2v) is 2.52. The van der Waals surface area contributed by atoms with Crippen LogP contribution in [0.15, 0.2) is 17.1 Å². The van der Waals surface area contributed by atoms with Gasteiger partial charge in [-0.25, -0.2) is 4.79 Å². The minimum atomic E-state index is -0.980. The van der Waals surface area contributed by atoms with Crippen LogP contribution in [-0.2, 0) is 4.79 Å². The van der Waals surface area contributed by atoms with Crippen molar-refractivity contribution in [2.24, 2.45) is 4.99 Å². The molecule has 0 unspecified atom stereocenters. The SMILES string of the molecule is Cc1ccc(N=C=O)c([N+](=O)[O-])c1F. The summed E-state index contributed by atoms with van der Waals surface area (Å²) in [7, 11) is 0. The van der Waals surface area contributed by atoms with Gasteiger partial charge in [0.15, 0.2) is 5.69 Å². The van der Waals surface area contributed by atoms with Crippen molar-refractivity contribution in [1.29, 1.82) is 0 Å². The van der Waals surface area contributed by atoms with Crippen LogP contribution in [0.3, 0.4) is 0 Å². The first-order valence-electron chi connectivity index (χ1n) is 3.59. The van der Waals surface area contributed by atoms with E-state index in [9.17, 15) is 19.3 Å². The summed E-state index contributed by atoms with van der Waals surface area (Å²) in [4.78, 5) is 22.5. The Kier molecular flexibility index (Phi) is 2.69. The number of nitro benzene ring substituents is 1. The summed E-state index contributed by atoms with van der Waals surface area (Å²) in [5, 5.41) is 10.4. The van der Waals surface area contributed by atoms with Crippen molar-refractivity contribution in [3.05, 3.63) is 33.6 Å². The van der Waals surface area contributed by atoms with Crippen molar-refractivity contribution in [2.45, 2.75) is 6.92 Å². The summed E-state index contributed by atoms with van der Waals surface area (Å²) in [5.74, 6) is -0.980. The first-order chi connectivity index (χ1) is 6.57. The lowest BCUT2D eigenvalue weighted by Gasteiger charge is -1.99. The smallest absolute Gasteiger partial charge is 0.258 e. The zero-order valence-electron chi connectivity index (χ0n) is 7.15. The van der Waals surface area contributed by atoms with Gasteiger partial charge in [-0.05, 0) is 18.6 Å². The normalized spacial score (nSPS) is 9.29. The van der Waals surface area contributed by atoms with Crippen LogP contribution in [0.4, 0.5) is 15.8 Å². The molecule has 0 fully saturated rings. The maximum absolute atomic E-state index is 13.2. The topological polar surface area (TPSA) is 72.6 Å². The van der Waals surface area contributed by atoms with Crippen molar-refractivity contribution in [3.63, 3.8) is 0 Å². The van der Waals surface area contributed by atoms with Gasteiger partial charge in [0, 0.05) is 0 Å². The highest BCUT2D eigenvalue weighted by molar-refractivity contribution is 5.63. The average molecular weight is 196 g/mol. The van der Waals surface area contributed by atoms with E-state index in [0.29, 0.717) is 0 Å². The van der Waals surface area contributed by atoms with E-state index in [-0.39, 0.29) is 11.3 Å². The minimum Gasteiger partial charge on any atom is -0.258 e. The van der Waals surface area contributed by atoms with Gasteiger partial charge in [0.25, 0.3) is 0 Å². The molecule has 0 spiro atoms. The van der Waals surface area contributed by atoms with Gasteiger partial charge in [0.2, 0.25) is 11.9 Å². The van der Waals surface area contributed by atoms with E-state index in [2.05, 4.69) is 4.99 Å². The molecular formula is C8H5FN2O3. The first-order valence-corrected chi connectivity index (χ1v) is 3.59. The maximum Gasteiger partial charge on any atom is 0.331 e. The maximum atomic E-state index is 13.2. The van der Waals surface area contributed by atoms with E-state index in [1.165, 1.54) is 19.1 Å². The number of nitrogens with zero attached hydrogens (tertiary/aromatic N) is 2. The number of isocyanates is 1. The Morgan fingerprint density at radius 2 is 2.21 bits per heavy atom. The predicted molar refractivity (Wildman–Crippen MR) is 45.6 cm³/mol. The molecule has 1 rings (SSSR count). The molecule has 0 aliphatic rings. The largest absolute Gasteiger partial charge is 0.331 e. The van der Waals surface area contributed by atoms with Gasteiger partial charge < -0.3 is 0 Å². The molecule has 1 aromatic rings. The fraction of sp³-hybridized carbons (Fsp3) is 0.125. The minimum absolute atomic E-state index is 0.126. The highest BCUT2D eigenvalue weighted by atomic mass is 19.1. The zero-order valence-corrected chi connectivity index (χ0v) is 7.15. The third kappa shape index (κ3) is 1.65. The van der Waals surface area contributed by atoms with Gasteiger partial charge in [-0.15, -0.1) is 0 Å². The van der Waals surface area contributed by atoms with Crippen LogP contribution in [0.1, 0.15) is 5.56 Å². The van der Waals surface area contributed by atoms with Crippen LogP contribution in [0.2, 0.25) is 0 Å². The summed E-state index contributed by atoms with van der Waals surface area (Å²) < 4.78 is 13.2. The molecule has 0 aliphatic carbocycles. The standard InChI is InChI=1S/C8H5FN2O3/c1-5-2-3-6(10-4-12)8(7(5)9)11(13)14/h2-3H,1H3. The Bertz CT molecular complexity index is 438. The van der Waals surface area contributed by atoms with E-state index < -0.39 is 16.4 Å². The molecule has 0 aliphatic heterocycles. The second-order valence-electron chi connectivity index (χ2n) is 2.52. The van der Waals surface area contributed by atoms with Gasteiger partial charge in [-0.1, -0.05) is 6.07 Å². The van der Waals surface area contributed by atoms with Crippen LogP contribution < -0.4 is 0 Å². The van der Waals surface area contributed by atoms with E-state index in [1.807, 2.05) is 0 Å². The number of rotatable bonds is 2. The van der Waals surface area contributed by atoms with Crippen molar-refractivity contribution in [2.75, 3.05) is 0 Å². The van der Waals surface area contributed by atoms with Crippen molar-refractivity contribution < 1.29 is 14.1 Å². The van der Waals surface area contributed by atoms with E-state index in [1.54, 1.807) is 0 Å². The van der Waals surface area contributed by atoms with Gasteiger partial charge in [0.1, 0.15) is 0 Å². The van der Waals surface area contributed by atoms with Gasteiger partial charge >= 0.3 is 5.69 Å². The molecule has 1 aromatic carbocycles. The Balaban J connectivity index is 3.52. The number of nitro groups is 1. The number of halogens is 1. The van der Waals surface area contributed by atoms with Crippen LogP contribution in [-0.4, -0.2) is 11.0 Å². The van der Waals surface area contributed by atoms with Crippen LogP contribution in [0, 0.1) is 22.9 Å². The van der Waals surface area contributed by atoms with E-state index >= 15 is 0 Å². The molecule has 0 saturated heterocycles. The Morgan fingerprint density at radius 3 is 2.71 bits per heavy atom. The average Bonchev–Trinajstić information content (AvgIpc) is 2.11. The molecule has 6 heteroatoms. The van der Waals surface area contributed by atoms with Crippen LogP contribution >= 0.6 is 0 Å². The zero-order chi connectivity index (χ0) is 10.7. The summed E-state index contributed by atoms with van der Waals surface area (Å²) in [5.41, 5.74) is -0.997. The van der Waals surface area contributed by atoms with E-state index in [4.69, 9.17) is 0 Å². The number of carbonyl (C=O) groups excluding carboxylic acids is 1. The quantitative estimate of drug-likeness (QED) is 0.314. The molecule has 0 radical (unpaired) electrons. The lowest BCUT2D eigenvalue weighted by Crippen LogP contribution is -1.95. The third-order valence-corrected chi connectivity index (χ3v) is 1.64. The number of hydrogen-bond acceptors (Lipinski definition) is 4. The lowest BCUT2D eigenvalue weighted by atomic mass is 10.2. The molecule has 5 nitrogen and oxygen atoms in total. The fourth-order valence-electron chi connectivity index (χ4n) is 0.968. The molecular weight excluding hydrogens is 191 g/mol. The van der Waals surface area contributed by atoms with Gasteiger partial charge in [-0.3, -0.25) is 10.1 Å². The molecule has 0 heterocycles. The molecule has 0 saturated carbocycles. The van der Waals surface area contributed by atoms with Crippen molar-refractivity contribution in [3.8, 4) is 0 Å². The molecule has 0 N–H and O–H groups in total. The Hall–Kier alpha value is -2.07. The Labute approximate surface area is 78.0 Å². The predicted octanol–water partition coefficient (Wildman–Crippen LogP) is 2.01. The molecule has 0 atom stereocenters.